The molecule has 0 aliphatic carbocycles. The molecule has 0 saturated heterocycles. The Labute approximate surface area is 194 Å². The van der Waals surface area contributed by atoms with Gasteiger partial charge in [0.05, 0.1) is 13.2 Å². The van der Waals surface area contributed by atoms with Crippen molar-refractivity contribution in [2.75, 3.05) is 19.8 Å². The molecule has 0 spiro atoms. The molecular weight excluding hydrogens is 453 g/mol. The molecule has 2 aromatic carbocycles. The van der Waals surface area contributed by atoms with E-state index in [0.29, 0.717) is 4.90 Å². The highest BCUT2D eigenvalue weighted by molar-refractivity contribution is 6.10. The van der Waals surface area contributed by atoms with Crippen molar-refractivity contribution >= 4 is 17.6 Å². The van der Waals surface area contributed by atoms with Crippen molar-refractivity contribution in [1.29, 1.82) is 0 Å². The Balaban J connectivity index is 2.10. The summed E-state index contributed by atoms with van der Waals surface area (Å²) >= 11 is 0. The lowest BCUT2D eigenvalue weighted by Gasteiger charge is -2.36. The first-order chi connectivity index (χ1) is 16.3. The summed E-state index contributed by atoms with van der Waals surface area (Å²) < 4.78 is 51.0. The number of benzene rings is 2. The second-order valence-corrected chi connectivity index (χ2v) is 7.20. The molecule has 0 radical (unpaired) electrons. The fourth-order valence-corrected chi connectivity index (χ4v) is 3.51. The number of hydrogen-bond donors (Lipinski definition) is 0. The van der Waals surface area contributed by atoms with Crippen LogP contribution in [0.1, 0.15) is 29.7 Å². The minimum Gasteiger partial charge on any atom is -0.489 e. The first-order valence-electron chi connectivity index (χ1n) is 10.4. The van der Waals surface area contributed by atoms with E-state index in [-0.39, 0.29) is 42.4 Å². The Bertz CT molecular complexity index is 1070. The average molecular weight is 476 g/mol. The van der Waals surface area contributed by atoms with E-state index in [2.05, 4.69) is 11.7 Å². The number of alkyl halides is 3. The molecule has 10 heteroatoms. The Hall–Kier alpha value is -3.82. The highest BCUT2D eigenvalue weighted by Crippen LogP contribution is 2.38. The van der Waals surface area contributed by atoms with Crippen LogP contribution in [0.4, 0.5) is 13.2 Å². The summed E-state index contributed by atoms with van der Waals surface area (Å²) in [6.07, 6.45) is -3.72. The van der Waals surface area contributed by atoms with E-state index in [1.54, 1.807) is 30.3 Å². The molecule has 1 aliphatic heterocycles. The van der Waals surface area contributed by atoms with Crippen LogP contribution in [0, 0.1) is 0 Å². The molecule has 1 amide bonds. The highest BCUT2D eigenvalue weighted by atomic mass is 19.4. The topological polar surface area (TPSA) is 77.4 Å². The maximum absolute atomic E-state index is 13.4. The van der Waals surface area contributed by atoms with Crippen molar-refractivity contribution in [2.24, 2.45) is 5.16 Å². The molecule has 0 fully saturated rings. The molecule has 1 heterocycles. The number of nitrogens with zero attached hydrogens (tertiary/aromatic N) is 2. The van der Waals surface area contributed by atoms with Crippen molar-refractivity contribution in [1.82, 2.24) is 4.90 Å². The van der Waals surface area contributed by atoms with Crippen molar-refractivity contribution in [3.05, 3.63) is 77.9 Å². The third kappa shape index (κ3) is 5.56. The van der Waals surface area contributed by atoms with Gasteiger partial charge in [-0.05, 0) is 24.1 Å². The first-order valence-corrected chi connectivity index (χ1v) is 10.4. The van der Waals surface area contributed by atoms with E-state index in [1.807, 2.05) is 6.07 Å². The average Bonchev–Trinajstić information content (AvgIpc) is 2.81. The SMILES string of the molecule is C=CCOc1cccc2c1/C(=N/OCc1ccccc1)CN(C(=O)C(F)(F)F)C2C(=O)OCC. The number of rotatable bonds is 8. The number of esters is 1. The lowest BCUT2D eigenvalue weighted by atomic mass is 9.90. The zero-order valence-electron chi connectivity index (χ0n) is 18.4. The van der Waals surface area contributed by atoms with Crippen LogP contribution in [0.3, 0.4) is 0 Å². The third-order valence-corrected chi connectivity index (χ3v) is 4.89. The van der Waals surface area contributed by atoms with Gasteiger partial charge < -0.3 is 19.2 Å². The van der Waals surface area contributed by atoms with E-state index < -0.39 is 30.6 Å². The minimum atomic E-state index is -5.21. The quantitative estimate of drug-likeness (QED) is 0.325. The summed E-state index contributed by atoms with van der Waals surface area (Å²) in [7, 11) is 0. The van der Waals surface area contributed by atoms with Gasteiger partial charge in [0.2, 0.25) is 0 Å². The maximum atomic E-state index is 13.4. The first kappa shape index (κ1) is 24.8. The Kier molecular flexibility index (Phi) is 7.93. The minimum absolute atomic E-state index is 0.00346. The maximum Gasteiger partial charge on any atom is 0.471 e. The standard InChI is InChI=1S/C24H23F3N2O5/c1-3-13-33-19-12-8-11-17-20(19)18(28-34-15-16-9-6-5-7-10-16)14-29(23(31)24(25,26)27)21(17)22(30)32-4-2/h3,5-12,21H,1,4,13-15H2,2H3/b28-18+. The molecule has 1 aliphatic rings. The van der Waals surface area contributed by atoms with Gasteiger partial charge in [0.25, 0.3) is 0 Å². The number of carbonyl (C=O) groups is 2. The normalized spacial score (nSPS) is 16.5. The van der Waals surface area contributed by atoms with Crippen LogP contribution in [-0.2, 0) is 25.8 Å². The van der Waals surface area contributed by atoms with Crippen LogP contribution in [0.2, 0.25) is 0 Å². The largest absolute Gasteiger partial charge is 0.489 e. The predicted molar refractivity (Wildman–Crippen MR) is 117 cm³/mol. The molecule has 34 heavy (non-hydrogen) atoms. The molecule has 0 N–H and O–H groups in total. The van der Waals surface area contributed by atoms with E-state index in [0.717, 1.165) is 5.56 Å². The molecule has 0 bridgehead atoms. The molecule has 0 aromatic heterocycles. The summed E-state index contributed by atoms with van der Waals surface area (Å²) in [5.74, 6) is -2.93. The van der Waals surface area contributed by atoms with Crippen molar-refractivity contribution in [3.8, 4) is 5.75 Å². The Morgan fingerprint density at radius 3 is 2.56 bits per heavy atom. The van der Waals surface area contributed by atoms with Gasteiger partial charge in [-0.3, -0.25) is 4.79 Å². The molecule has 7 nitrogen and oxygen atoms in total. The van der Waals surface area contributed by atoms with Crippen molar-refractivity contribution in [2.45, 2.75) is 25.7 Å². The van der Waals surface area contributed by atoms with Crippen LogP contribution in [0.15, 0.2) is 66.3 Å². The predicted octanol–water partition coefficient (Wildman–Crippen LogP) is 4.18. The van der Waals surface area contributed by atoms with Crippen LogP contribution < -0.4 is 4.74 Å². The molecule has 180 valence electrons. The number of hydrogen-bond acceptors (Lipinski definition) is 6. The Morgan fingerprint density at radius 2 is 1.91 bits per heavy atom. The van der Waals surface area contributed by atoms with E-state index in [9.17, 15) is 22.8 Å². The summed E-state index contributed by atoms with van der Waals surface area (Å²) in [5.41, 5.74) is 1.14. The number of oxime groups is 1. The van der Waals surface area contributed by atoms with E-state index in [4.69, 9.17) is 14.3 Å². The zero-order chi connectivity index (χ0) is 24.7. The van der Waals surface area contributed by atoms with Gasteiger partial charge in [-0.15, -0.1) is 0 Å². The zero-order valence-corrected chi connectivity index (χ0v) is 18.4. The molecule has 0 saturated carbocycles. The summed E-state index contributed by atoms with van der Waals surface area (Å²) in [4.78, 5) is 30.8. The van der Waals surface area contributed by atoms with Crippen molar-refractivity contribution in [3.63, 3.8) is 0 Å². The molecule has 3 rings (SSSR count). The molecule has 1 unspecified atom stereocenters. The lowest BCUT2D eigenvalue weighted by Crippen LogP contribution is -2.51. The fourth-order valence-electron chi connectivity index (χ4n) is 3.51. The van der Waals surface area contributed by atoms with E-state index in [1.165, 1.54) is 25.1 Å². The highest BCUT2D eigenvalue weighted by Gasteiger charge is 2.50. The smallest absolute Gasteiger partial charge is 0.471 e. The van der Waals surface area contributed by atoms with Crippen LogP contribution >= 0.6 is 0 Å². The fraction of sp³-hybridized carbons (Fsp3) is 0.292. The number of amides is 1. The van der Waals surface area contributed by atoms with Crippen molar-refractivity contribution < 1.29 is 37.1 Å². The summed E-state index contributed by atoms with van der Waals surface area (Å²) in [5, 5.41) is 4.04. The van der Waals surface area contributed by atoms with Gasteiger partial charge in [-0.25, -0.2) is 4.79 Å². The van der Waals surface area contributed by atoms with Gasteiger partial charge in [0.1, 0.15) is 24.7 Å². The lowest BCUT2D eigenvalue weighted by molar-refractivity contribution is -0.190. The van der Waals surface area contributed by atoms with E-state index >= 15 is 0 Å². The van der Waals surface area contributed by atoms with Gasteiger partial charge in [-0.1, -0.05) is 60.3 Å². The van der Waals surface area contributed by atoms with Crippen LogP contribution in [-0.4, -0.2) is 48.4 Å². The van der Waals surface area contributed by atoms with Gasteiger partial charge in [0.15, 0.2) is 6.04 Å². The molecule has 2 aromatic rings. The second-order valence-electron chi connectivity index (χ2n) is 7.20. The van der Waals surface area contributed by atoms with Gasteiger partial charge >= 0.3 is 18.1 Å². The summed E-state index contributed by atoms with van der Waals surface area (Å²) in [6.45, 7) is 4.54. The second kappa shape index (κ2) is 10.9. The number of fused-ring (bicyclic) bond motifs is 1. The Morgan fingerprint density at radius 1 is 1.18 bits per heavy atom. The third-order valence-electron chi connectivity index (χ3n) is 4.89. The molecular formula is C24H23F3N2O5. The summed E-state index contributed by atoms with van der Waals surface area (Å²) in [6, 6.07) is 11.9. The number of ether oxygens (including phenoxy) is 2. The monoisotopic (exact) mass is 476 g/mol. The van der Waals surface area contributed by atoms with Gasteiger partial charge in [0, 0.05) is 5.56 Å². The number of halogens is 3. The number of carbonyl (C=O) groups excluding carboxylic acids is 2. The van der Waals surface area contributed by atoms with Crippen LogP contribution in [0.25, 0.3) is 0 Å². The molecule has 1 atom stereocenters. The van der Waals surface area contributed by atoms with Crippen LogP contribution in [0.5, 0.6) is 5.75 Å². The van der Waals surface area contributed by atoms with Gasteiger partial charge in [-0.2, -0.15) is 13.2 Å².